The lowest BCUT2D eigenvalue weighted by molar-refractivity contribution is 0.339. The summed E-state index contributed by atoms with van der Waals surface area (Å²) >= 11 is 0. The zero-order chi connectivity index (χ0) is 18.0. The van der Waals surface area contributed by atoms with E-state index in [1.165, 1.54) is 0 Å². The van der Waals surface area contributed by atoms with Crippen LogP contribution in [0.5, 0.6) is 0 Å². The molecular weight excluding hydrogens is 296 g/mol. The molecule has 0 saturated heterocycles. The standard InChI is InChI=1S/C20H30N4/c1-7-13-20(6,16(3)21)14-12-15(2)19(4,5)24-18-11-9-8-10-17(18)22-23-24/h8-11,21H,2,7,12-14H2,1,3-6H3. The summed E-state index contributed by atoms with van der Waals surface area (Å²) in [4.78, 5) is 0. The number of rotatable bonds is 8. The maximum absolute atomic E-state index is 8.14. The maximum Gasteiger partial charge on any atom is 0.113 e. The third-order valence-corrected chi connectivity index (χ3v) is 5.43. The van der Waals surface area contributed by atoms with Crippen molar-refractivity contribution in [3.8, 4) is 0 Å². The van der Waals surface area contributed by atoms with Crippen LogP contribution >= 0.6 is 0 Å². The number of nitrogens with one attached hydrogen (secondary N) is 1. The molecule has 0 saturated carbocycles. The van der Waals surface area contributed by atoms with Gasteiger partial charge in [-0.2, -0.15) is 0 Å². The number of hydrogen-bond acceptors (Lipinski definition) is 3. The van der Waals surface area contributed by atoms with Crippen molar-refractivity contribution in [2.75, 3.05) is 0 Å². The number of aromatic nitrogens is 3. The second-order valence-corrected chi connectivity index (χ2v) is 7.59. The van der Waals surface area contributed by atoms with Gasteiger partial charge in [0.25, 0.3) is 0 Å². The average Bonchev–Trinajstić information content (AvgIpc) is 2.97. The second-order valence-electron chi connectivity index (χ2n) is 7.59. The summed E-state index contributed by atoms with van der Waals surface area (Å²) in [5, 5.41) is 16.8. The van der Waals surface area contributed by atoms with Gasteiger partial charge in [-0.15, -0.1) is 5.10 Å². The maximum atomic E-state index is 8.14. The van der Waals surface area contributed by atoms with Crippen molar-refractivity contribution in [1.82, 2.24) is 15.0 Å². The highest BCUT2D eigenvalue weighted by Crippen LogP contribution is 2.36. The van der Waals surface area contributed by atoms with Crippen LogP contribution in [0.15, 0.2) is 36.4 Å². The smallest absolute Gasteiger partial charge is 0.113 e. The zero-order valence-corrected chi connectivity index (χ0v) is 15.7. The summed E-state index contributed by atoms with van der Waals surface area (Å²) in [5.74, 6) is 0. The van der Waals surface area contributed by atoms with Crippen LogP contribution in [-0.4, -0.2) is 20.7 Å². The molecule has 2 aromatic rings. The van der Waals surface area contributed by atoms with Crippen molar-refractivity contribution in [1.29, 1.82) is 5.41 Å². The molecule has 1 N–H and O–H groups in total. The van der Waals surface area contributed by atoms with Gasteiger partial charge in [0.2, 0.25) is 0 Å². The molecule has 0 amide bonds. The van der Waals surface area contributed by atoms with E-state index >= 15 is 0 Å². The van der Waals surface area contributed by atoms with Crippen molar-refractivity contribution in [2.24, 2.45) is 5.41 Å². The molecule has 0 bridgehead atoms. The van der Waals surface area contributed by atoms with Gasteiger partial charge in [-0.3, -0.25) is 0 Å². The van der Waals surface area contributed by atoms with Crippen molar-refractivity contribution in [3.63, 3.8) is 0 Å². The molecule has 1 heterocycles. The van der Waals surface area contributed by atoms with Crippen molar-refractivity contribution in [2.45, 2.75) is 65.8 Å². The van der Waals surface area contributed by atoms with Crippen LogP contribution in [0.1, 0.15) is 60.3 Å². The van der Waals surface area contributed by atoms with Crippen molar-refractivity contribution in [3.05, 3.63) is 36.4 Å². The number of nitrogens with zero attached hydrogens (tertiary/aromatic N) is 3. The SMILES string of the molecule is C=C(CCC(C)(CCC)C(C)=N)C(C)(C)n1nnc2ccccc21. The lowest BCUT2D eigenvalue weighted by Gasteiger charge is -2.33. The molecule has 4 heteroatoms. The van der Waals surface area contributed by atoms with E-state index in [2.05, 4.69) is 44.6 Å². The first-order valence-corrected chi connectivity index (χ1v) is 8.77. The largest absolute Gasteiger partial charge is 0.309 e. The fourth-order valence-electron chi connectivity index (χ4n) is 3.22. The van der Waals surface area contributed by atoms with E-state index in [9.17, 15) is 0 Å². The third kappa shape index (κ3) is 3.42. The molecule has 0 radical (unpaired) electrons. The predicted molar refractivity (Wildman–Crippen MR) is 102 cm³/mol. The Hall–Kier alpha value is -1.97. The third-order valence-electron chi connectivity index (χ3n) is 5.43. The number of para-hydroxylation sites is 1. The molecule has 2 rings (SSSR count). The number of allylic oxidation sites excluding steroid dienone is 1. The molecule has 0 aliphatic carbocycles. The first-order chi connectivity index (χ1) is 11.2. The summed E-state index contributed by atoms with van der Waals surface area (Å²) in [6.45, 7) is 14.9. The van der Waals surface area contributed by atoms with Gasteiger partial charge in [-0.1, -0.05) is 49.8 Å². The molecule has 1 atom stereocenters. The van der Waals surface area contributed by atoms with Crippen molar-refractivity contribution < 1.29 is 0 Å². The van der Waals surface area contributed by atoms with E-state index in [0.717, 1.165) is 48.0 Å². The Morgan fingerprint density at radius 3 is 2.50 bits per heavy atom. The van der Waals surface area contributed by atoms with E-state index in [1.54, 1.807) is 0 Å². The minimum Gasteiger partial charge on any atom is -0.309 e. The summed E-state index contributed by atoms with van der Waals surface area (Å²) < 4.78 is 1.97. The Labute approximate surface area is 145 Å². The zero-order valence-electron chi connectivity index (χ0n) is 15.7. The predicted octanol–water partition coefficient (Wildman–Crippen LogP) is 5.35. The van der Waals surface area contributed by atoms with Gasteiger partial charge in [0.1, 0.15) is 5.52 Å². The van der Waals surface area contributed by atoms with E-state index in [1.807, 2.05) is 35.9 Å². The van der Waals surface area contributed by atoms with Crippen LogP contribution in [-0.2, 0) is 5.54 Å². The van der Waals surface area contributed by atoms with Crippen LogP contribution in [0.4, 0.5) is 0 Å². The fraction of sp³-hybridized carbons (Fsp3) is 0.550. The van der Waals surface area contributed by atoms with E-state index < -0.39 is 0 Å². The van der Waals surface area contributed by atoms with Gasteiger partial charge < -0.3 is 5.41 Å². The van der Waals surface area contributed by atoms with Gasteiger partial charge in [-0.05, 0) is 52.2 Å². The quantitative estimate of drug-likeness (QED) is 0.525. The Bertz CT molecular complexity index is 741. The summed E-state index contributed by atoms with van der Waals surface area (Å²) in [6.07, 6.45) is 3.97. The van der Waals surface area contributed by atoms with Crippen LogP contribution in [0.3, 0.4) is 0 Å². The van der Waals surface area contributed by atoms with Crippen molar-refractivity contribution >= 4 is 16.7 Å². The highest BCUT2D eigenvalue weighted by atomic mass is 15.4. The Balaban J connectivity index is 2.20. The van der Waals surface area contributed by atoms with Crippen LogP contribution in [0.2, 0.25) is 0 Å². The number of hydrogen-bond donors (Lipinski definition) is 1. The molecule has 0 spiro atoms. The Morgan fingerprint density at radius 2 is 1.88 bits per heavy atom. The molecule has 4 nitrogen and oxygen atoms in total. The first kappa shape index (κ1) is 18.4. The molecule has 1 unspecified atom stereocenters. The second kappa shape index (κ2) is 6.88. The fourth-order valence-corrected chi connectivity index (χ4v) is 3.22. The normalized spacial score (nSPS) is 14.5. The Kier molecular flexibility index (Phi) is 5.26. The van der Waals surface area contributed by atoms with Crippen LogP contribution in [0.25, 0.3) is 11.0 Å². The summed E-state index contributed by atoms with van der Waals surface area (Å²) in [7, 11) is 0. The molecule has 130 valence electrons. The minimum absolute atomic E-state index is 0.0434. The first-order valence-electron chi connectivity index (χ1n) is 8.77. The summed E-state index contributed by atoms with van der Waals surface area (Å²) in [6, 6.07) is 8.02. The van der Waals surface area contributed by atoms with Gasteiger partial charge in [0, 0.05) is 11.1 Å². The minimum atomic E-state index is -0.306. The molecule has 1 aromatic carbocycles. The van der Waals surface area contributed by atoms with Gasteiger partial charge in [-0.25, -0.2) is 4.68 Å². The topological polar surface area (TPSA) is 54.6 Å². The number of benzene rings is 1. The van der Waals surface area contributed by atoms with Gasteiger partial charge in [0.15, 0.2) is 0 Å². The molecule has 0 aliphatic rings. The molecule has 0 aliphatic heterocycles. The van der Waals surface area contributed by atoms with Crippen LogP contribution in [0, 0.1) is 10.8 Å². The van der Waals surface area contributed by atoms with E-state index in [4.69, 9.17) is 5.41 Å². The number of fused-ring (bicyclic) bond motifs is 1. The average molecular weight is 326 g/mol. The highest BCUT2D eigenvalue weighted by molar-refractivity contribution is 5.84. The van der Waals surface area contributed by atoms with Crippen LogP contribution < -0.4 is 0 Å². The summed E-state index contributed by atoms with van der Waals surface area (Å²) in [5.41, 5.74) is 3.48. The lowest BCUT2D eigenvalue weighted by Crippen LogP contribution is -2.31. The molecule has 24 heavy (non-hydrogen) atoms. The lowest BCUT2D eigenvalue weighted by atomic mass is 9.75. The van der Waals surface area contributed by atoms with E-state index in [-0.39, 0.29) is 11.0 Å². The van der Waals surface area contributed by atoms with E-state index in [0.29, 0.717) is 0 Å². The Morgan fingerprint density at radius 1 is 1.21 bits per heavy atom. The molecule has 1 aromatic heterocycles. The molecular formula is C20H30N4. The van der Waals surface area contributed by atoms with Gasteiger partial charge in [0.05, 0.1) is 11.1 Å². The highest BCUT2D eigenvalue weighted by Gasteiger charge is 2.31. The molecule has 0 fully saturated rings. The monoisotopic (exact) mass is 326 g/mol. The van der Waals surface area contributed by atoms with Gasteiger partial charge >= 0.3 is 0 Å².